The number of hydrogen-bond acceptors (Lipinski definition) is 5. The summed E-state index contributed by atoms with van der Waals surface area (Å²) in [6.07, 6.45) is 1.71. The van der Waals surface area contributed by atoms with Crippen LogP contribution in [-0.4, -0.2) is 21.5 Å². The number of nitriles is 1. The number of nitrogens with zero attached hydrogens (tertiary/aromatic N) is 3. The molecule has 1 N–H and O–H groups in total. The van der Waals surface area contributed by atoms with Crippen LogP contribution in [0, 0.1) is 18.3 Å². The summed E-state index contributed by atoms with van der Waals surface area (Å²) >= 11 is 0. The van der Waals surface area contributed by atoms with E-state index in [1.165, 1.54) is 0 Å². The van der Waals surface area contributed by atoms with Gasteiger partial charge in [-0.3, -0.25) is 4.79 Å². The molecule has 0 unspecified atom stereocenters. The molecule has 1 heterocycles. The molecule has 1 amide bonds. The molecule has 2 aromatic carbocycles. The highest BCUT2D eigenvalue weighted by Crippen LogP contribution is 2.23. The molecule has 0 aliphatic rings. The molecule has 0 saturated carbocycles. The minimum Gasteiger partial charge on any atom is -0.478 e. The molecule has 0 atom stereocenters. The maximum atomic E-state index is 12.7. The lowest BCUT2D eigenvalue weighted by Gasteiger charge is -2.25. The summed E-state index contributed by atoms with van der Waals surface area (Å²) in [5.74, 6) is 0.918. The van der Waals surface area contributed by atoms with E-state index in [1.807, 2.05) is 37.3 Å². The van der Waals surface area contributed by atoms with Crippen molar-refractivity contribution in [3.63, 3.8) is 0 Å². The second kappa shape index (κ2) is 7.89. The van der Waals surface area contributed by atoms with Gasteiger partial charge in [-0.1, -0.05) is 12.1 Å². The number of anilines is 1. The molecule has 3 rings (SSSR count). The van der Waals surface area contributed by atoms with Gasteiger partial charge in [-0.2, -0.15) is 5.26 Å². The first kappa shape index (κ1) is 19.1. The van der Waals surface area contributed by atoms with Crippen molar-refractivity contribution in [1.82, 2.24) is 9.97 Å². The number of aryl methyl sites for hydroxylation is 1. The van der Waals surface area contributed by atoms with Crippen LogP contribution in [0.25, 0.3) is 11.3 Å². The Hall–Kier alpha value is -3.72. The molecule has 6 heteroatoms. The number of aromatic nitrogens is 2. The number of carbonyl (C=O) groups excluding carboxylic acids is 1. The lowest BCUT2D eigenvalue weighted by molar-refractivity contribution is -0.128. The molecule has 0 radical (unpaired) electrons. The zero-order valence-electron chi connectivity index (χ0n) is 15.9. The Labute approximate surface area is 163 Å². The first-order valence-electron chi connectivity index (χ1n) is 8.78. The van der Waals surface area contributed by atoms with Crippen molar-refractivity contribution in [3.05, 3.63) is 72.2 Å². The van der Waals surface area contributed by atoms with E-state index < -0.39 is 5.60 Å². The number of rotatable bonds is 5. The van der Waals surface area contributed by atoms with Crippen molar-refractivity contribution in [3.8, 4) is 23.1 Å². The Bertz CT molecular complexity index is 1040. The Morgan fingerprint density at radius 2 is 1.89 bits per heavy atom. The van der Waals surface area contributed by atoms with E-state index in [-0.39, 0.29) is 5.91 Å². The number of benzene rings is 2. The van der Waals surface area contributed by atoms with Crippen LogP contribution in [0.1, 0.15) is 25.2 Å². The summed E-state index contributed by atoms with van der Waals surface area (Å²) in [5, 5.41) is 11.8. The van der Waals surface area contributed by atoms with Gasteiger partial charge in [0.15, 0.2) is 5.60 Å². The Morgan fingerprint density at radius 1 is 1.14 bits per heavy atom. The predicted molar refractivity (Wildman–Crippen MR) is 107 cm³/mol. The highest BCUT2D eigenvalue weighted by molar-refractivity contribution is 5.97. The largest absolute Gasteiger partial charge is 0.478 e. The van der Waals surface area contributed by atoms with Crippen LogP contribution in [0.15, 0.2) is 60.8 Å². The van der Waals surface area contributed by atoms with Gasteiger partial charge in [0.2, 0.25) is 0 Å². The van der Waals surface area contributed by atoms with Crippen LogP contribution >= 0.6 is 0 Å². The zero-order valence-corrected chi connectivity index (χ0v) is 15.9. The minimum absolute atomic E-state index is 0.284. The minimum atomic E-state index is -1.10. The lowest BCUT2D eigenvalue weighted by Crippen LogP contribution is -2.42. The number of hydrogen-bond donors (Lipinski definition) is 1. The lowest BCUT2D eigenvalue weighted by atomic mass is 10.1. The fourth-order valence-corrected chi connectivity index (χ4v) is 2.59. The highest BCUT2D eigenvalue weighted by atomic mass is 16.5. The maximum Gasteiger partial charge on any atom is 0.267 e. The molecule has 0 aliphatic heterocycles. The quantitative estimate of drug-likeness (QED) is 0.728. The molecule has 3 aromatic rings. The van der Waals surface area contributed by atoms with E-state index in [1.54, 1.807) is 44.3 Å². The van der Waals surface area contributed by atoms with Gasteiger partial charge in [0.05, 0.1) is 17.3 Å². The van der Waals surface area contributed by atoms with Crippen molar-refractivity contribution in [1.29, 1.82) is 5.26 Å². The average molecular weight is 372 g/mol. The van der Waals surface area contributed by atoms with Crippen LogP contribution in [0.4, 0.5) is 5.69 Å². The van der Waals surface area contributed by atoms with Crippen LogP contribution in [0.2, 0.25) is 0 Å². The van der Waals surface area contributed by atoms with Gasteiger partial charge in [-0.25, -0.2) is 9.97 Å². The molecular formula is C22H20N4O2. The predicted octanol–water partition coefficient (Wildman–Crippen LogP) is 4.12. The molecule has 28 heavy (non-hydrogen) atoms. The molecule has 0 saturated heterocycles. The van der Waals surface area contributed by atoms with E-state index in [0.717, 1.165) is 11.3 Å². The summed E-state index contributed by atoms with van der Waals surface area (Å²) in [5.41, 5.74) is 1.75. The molecule has 140 valence electrons. The number of carbonyl (C=O) groups is 1. The monoisotopic (exact) mass is 372 g/mol. The molecule has 0 bridgehead atoms. The van der Waals surface area contributed by atoms with Gasteiger partial charge in [-0.05, 0) is 63.2 Å². The van der Waals surface area contributed by atoms with Crippen LogP contribution in [0.3, 0.4) is 0 Å². The third kappa shape index (κ3) is 4.51. The van der Waals surface area contributed by atoms with E-state index >= 15 is 0 Å². The van der Waals surface area contributed by atoms with Crippen molar-refractivity contribution >= 4 is 11.6 Å². The standard InChI is InChI=1S/C22H20N4O2/c1-15-24-12-11-20(25-15)17-5-4-6-18(13-17)26-21(27)22(2,3)28-19-9-7-16(14-23)8-10-19/h4-13H,1-3H3,(H,26,27). The summed E-state index contributed by atoms with van der Waals surface area (Å²) < 4.78 is 5.82. The summed E-state index contributed by atoms with van der Waals surface area (Å²) in [7, 11) is 0. The van der Waals surface area contributed by atoms with Gasteiger partial charge in [-0.15, -0.1) is 0 Å². The van der Waals surface area contributed by atoms with Gasteiger partial charge >= 0.3 is 0 Å². The van der Waals surface area contributed by atoms with Crippen LogP contribution in [0.5, 0.6) is 5.75 Å². The number of amides is 1. The first-order chi connectivity index (χ1) is 13.4. The Balaban J connectivity index is 1.74. The molecule has 0 fully saturated rings. The molecule has 0 aliphatic carbocycles. The smallest absolute Gasteiger partial charge is 0.267 e. The maximum absolute atomic E-state index is 12.7. The van der Waals surface area contributed by atoms with E-state index in [9.17, 15) is 4.79 Å². The fraction of sp³-hybridized carbons (Fsp3) is 0.182. The topological polar surface area (TPSA) is 87.9 Å². The summed E-state index contributed by atoms with van der Waals surface area (Å²) in [4.78, 5) is 21.3. The fourth-order valence-electron chi connectivity index (χ4n) is 2.59. The van der Waals surface area contributed by atoms with Crippen LogP contribution < -0.4 is 10.1 Å². The zero-order chi connectivity index (χ0) is 20.1. The summed E-state index contributed by atoms with van der Waals surface area (Å²) in [6.45, 7) is 5.22. The summed E-state index contributed by atoms with van der Waals surface area (Å²) in [6, 6.07) is 18.0. The number of nitrogens with one attached hydrogen (secondary N) is 1. The second-order valence-corrected chi connectivity index (χ2v) is 6.77. The van der Waals surface area contributed by atoms with E-state index in [0.29, 0.717) is 22.8 Å². The Kier molecular flexibility index (Phi) is 5.37. The first-order valence-corrected chi connectivity index (χ1v) is 8.78. The van der Waals surface area contributed by atoms with Crippen molar-refractivity contribution in [2.75, 3.05) is 5.32 Å². The third-order valence-electron chi connectivity index (χ3n) is 4.10. The van der Waals surface area contributed by atoms with Crippen molar-refractivity contribution in [2.45, 2.75) is 26.4 Å². The van der Waals surface area contributed by atoms with Gasteiger partial charge in [0.1, 0.15) is 11.6 Å². The molecular weight excluding hydrogens is 352 g/mol. The van der Waals surface area contributed by atoms with Crippen molar-refractivity contribution in [2.24, 2.45) is 0 Å². The average Bonchev–Trinajstić information content (AvgIpc) is 2.68. The third-order valence-corrected chi connectivity index (χ3v) is 4.10. The SMILES string of the molecule is Cc1nccc(-c2cccc(NC(=O)C(C)(C)Oc3ccc(C#N)cc3)c2)n1. The highest BCUT2D eigenvalue weighted by Gasteiger charge is 2.30. The van der Waals surface area contributed by atoms with Gasteiger partial charge < -0.3 is 10.1 Å². The van der Waals surface area contributed by atoms with E-state index in [2.05, 4.69) is 21.4 Å². The molecule has 6 nitrogen and oxygen atoms in total. The Morgan fingerprint density at radius 3 is 2.57 bits per heavy atom. The molecule has 1 aromatic heterocycles. The second-order valence-electron chi connectivity index (χ2n) is 6.77. The molecule has 0 spiro atoms. The van der Waals surface area contributed by atoms with Gasteiger partial charge in [0.25, 0.3) is 5.91 Å². The van der Waals surface area contributed by atoms with Crippen molar-refractivity contribution < 1.29 is 9.53 Å². The van der Waals surface area contributed by atoms with Gasteiger partial charge in [0, 0.05) is 17.4 Å². The van der Waals surface area contributed by atoms with E-state index in [4.69, 9.17) is 10.00 Å². The van der Waals surface area contributed by atoms with Crippen LogP contribution in [-0.2, 0) is 4.79 Å². The normalized spacial score (nSPS) is 10.8. The number of ether oxygens (including phenoxy) is 1.